The van der Waals surface area contributed by atoms with E-state index in [0.29, 0.717) is 4.83 Å². The lowest BCUT2D eigenvalue weighted by molar-refractivity contribution is 0.546. The van der Waals surface area contributed by atoms with E-state index in [9.17, 15) is 0 Å². The molecule has 0 spiro atoms. The number of hydrogen-bond acceptors (Lipinski definition) is 1. The summed E-state index contributed by atoms with van der Waals surface area (Å²) < 4.78 is 2.13. The predicted molar refractivity (Wildman–Crippen MR) is 79.2 cm³/mol. The minimum atomic E-state index is 0.683. The van der Waals surface area contributed by atoms with Crippen molar-refractivity contribution in [3.05, 3.63) is 30.0 Å². The number of aryl methyl sites for hydroxylation is 1. The van der Waals surface area contributed by atoms with E-state index in [1.165, 1.54) is 35.9 Å². The molecule has 0 bridgehead atoms. The van der Waals surface area contributed by atoms with Crippen LogP contribution in [0.3, 0.4) is 0 Å². The second-order valence-corrected chi connectivity index (χ2v) is 6.37. The topological polar surface area (TPSA) is 17.8 Å². The summed E-state index contributed by atoms with van der Waals surface area (Å²) in [5, 5.41) is 6.14. The van der Waals surface area contributed by atoms with Gasteiger partial charge in [-0.1, -0.05) is 40.5 Å². The number of para-hydroxylation sites is 1. The van der Waals surface area contributed by atoms with Gasteiger partial charge in [-0.05, 0) is 38.2 Å². The molecule has 2 aromatic rings. The molecule has 0 N–H and O–H groups in total. The fourth-order valence-electron chi connectivity index (χ4n) is 3.06. The van der Waals surface area contributed by atoms with Crippen LogP contribution in [0.25, 0.3) is 10.9 Å². The van der Waals surface area contributed by atoms with E-state index in [0.717, 1.165) is 18.9 Å². The van der Waals surface area contributed by atoms with Crippen LogP contribution >= 0.6 is 15.9 Å². The molecule has 1 fully saturated rings. The molecule has 2 nitrogen and oxygen atoms in total. The maximum Gasteiger partial charge on any atom is 0.0706 e. The van der Waals surface area contributed by atoms with Crippen molar-refractivity contribution in [3.8, 4) is 0 Å². The molecule has 0 saturated heterocycles. The Morgan fingerprint density at radius 1 is 1.33 bits per heavy atom. The van der Waals surface area contributed by atoms with Gasteiger partial charge in [0.25, 0.3) is 0 Å². The summed E-state index contributed by atoms with van der Waals surface area (Å²) in [7, 11) is 0. The fourth-order valence-corrected chi connectivity index (χ4v) is 3.83. The van der Waals surface area contributed by atoms with Gasteiger partial charge in [0.2, 0.25) is 0 Å². The van der Waals surface area contributed by atoms with Crippen LogP contribution in [0, 0.1) is 5.92 Å². The van der Waals surface area contributed by atoms with Crippen LogP contribution in [0.2, 0.25) is 0 Å². The van der Waals surface area contributed by atoms with Crippen molar-refractivity contribution in [1.82, 2.24) is 9.78 Å². The smallest absolute Gasteiger partial charge is 0.0706 e. The lowest BCUT2D eigenvalue weighted by atomic mass is 10.00. The van der Waals surface area contributed by atoms with E-state index in [-0.39, 0.29) is 0 Å². The first-order valence-electron chi connectivity index (χ1n) is 6.88. The summed E-state index contributed by atoms with van der Waals surface area (Å²) in [6, 6.07) is 8.61. The summed E-state index contributed by atoms with van der Waals surface area (Å²) in [5.74, 6) is 0.758. The Morgan fingerprint density at radius 2 is 2.17 bits per heavy atom. The molecular weight excluding hydrogens is 288 g/mol. The van der Waals surface area contributed by atoms with E-state index >= 15 is 0 Å². The first-order chi connectivity index (χ1) is 8.79. The van der Waals surface area contributed by atoms with Crippen LogP contribution in [0.4, 0.5) is 0 Å². The van der Waals surface area contributed by atoms with Gasteiger partial charge >= 0.3 is 0 Å². The molecule has 3 heteroatoms. The molecule has 96 valence electrons. The second kappa shape index (κ2) is 5.04. The molecule has 18 heavy (non-hydrogen) atoms. The Labute approximate surface area is 117 Å². The van der Waals surface area contributed by atoms with Crippen molar-refractivity contribution < 1.29 is 0 Å². The first-order valence-corrected chi connectivity index (χ1v) is 7.79. The Kier molecular flexibility index (Phi) is 3.42. The van der Waals surface area contributed by atoms with Gasteiger partial charge in [0, 0.05) is 16.8 Å². The average molecular weight is 307 g/mol. The van der Waals surface area contributed by atoms with E-state index in [2.05, 4.69) is 51.8 Å². The van der Waals surface area contributed by atoms with Crippen molar-refractivity contribution in [1.29, 1.82) is 0 Å². The third kappa shape index (κ3) is 2.09. The number of hydrogen-bond donors (Lipinski definition) is 0. The molecule has 1 saturated carbocycles. The van der Waals surface area contributed by atoms with Crippen LogP contribution < -0.4 is 0 Å². The zero-order valence-electron chi connectivity index (χ0n) is 10.8. The van der Waals surface area contributed by atoms with E-state index < -0.39 is 0 Å². The highest BCUT2D eigenvalue weighted by atomic mass is 79.9. The van der Waals surface area contributed by atoms with Crippen LogP contribution in [-0.2, 0) is 13.0 Å². The zero-order valence-corrected chi connectivity index (χ0v) is 12.4. The number of fused-ring (bicyclic) bond motifs is 1. The van der Waals surface area contributed by atoms with Crippen LogP contribution in [0.1, 0.15) is 31.9 Å². The van der Waals surface area contributed by atoms with Crippen molar-refractivity contribution in [2.75, 3.05) is 0 Å². The SMILES string of the molecule is CCn1nc(CC2CCCC2Br)c2ccccc21. The molecule has 1 aromatic heterocycles. The minimum absolute atomic E-state index is 0.683. The van der Waals surface area contributed by atoms with Gasteiger partial charge < -0.3 is 0 Å². The van der Waals surface area contributed by atoms with E-state index in [1.54, 1.807) is 0 Å². The summed E-state index contributed by atoms with van der Waals surface area (Å²) in [6.07, 6.45) is 5.12. The molecular formula is C15H19BrN2. The molecule has 0 aliphatic heterocycles. The van der Waals surface area contributed by atoms with Gasteiger partial charge in [-0.15, -0.1) is 0 Å². The highest BCUT2D eigenvalue weighted by Crippen LogP contribution is 2.35. The molecule has 1 heterocycles. The van der Waals surface area contributed by atoms with Gasteiger partial charge in [-0.2, -0.15) is 5.10 Å². The maximum absolute atomic E-state index is 4.80. The Balaban J connectivity index is 1.96. The maximum atomic E-state index is 4.80. The van der Waals surface area contributed by atoms with Gasteiger partial charge in [0.1, 0.15) is 0 Å². The van der Waals surface area contributed by atoms with Crippen molar-refractivity contribution in [2.24, 2.45) is 5.92 Å². The lowest BCUT2D eigenvalue weighted by Gasteiger charge is -2.11. The molecule has 1 aliphatic rings. The largest absolute Gasteiger partial charge is 0.265 e. The number of alkyl halides is 1. The lowest BCUT2D eigenvalue weighted by Crippen LogP contribution is -2.10. The second-order valence-electron chi connectivity index (χ2n) is 5.19. The van der Waals surface area contributed by atoms with Crippen molar-refractivity contribution in [2.45, 2.75) is 44.0 Å². The number of halogens is 1. The van der Waals surface area contributed by atoms with E-state index in [4.69, 9.17) is 5.10 Å². The fraction of sp³-hybridized carbons (Fsp3) is 0.533. The predicted octanol–water partition coefficient (Wildman–Crippen LogP) is 4.16. The molecule has 2 unspecified atom stereocenters. The Hall–Kier alpha value is -0.830. The number of nitrogens with zero attached hydrogens (tertiary/aromatic N) is 2. The zero-order chi connectivity index (χ0) is 12.5. The number of rotatable bonds is 3. The van der Waals surface area contributed by atoms with Gasteiger partial charge in [-0.3, -0.25) is 4.68 Å². The standard InChI is InChI=1S/C15H19BrN2/c1-2-18-15-9-4-3-7-12(15)14(17-18)10-11-6-5-8-13(11)16/h3-4,7,9,11,13H,2,5-6,8,10H2,1H3. The highest BCUT2D eigenvalue weighted by molar-refractivity contribution is 9.09. The molecule has 1 aromatic carbocycles. The molecule has 1 aliphatic carbocycles. The quantitative estimate of drug-likeness (QED) is 0.779. The highest BCUT2D eigenvalue weighted by Gasteiger charge is 2.26. The molecule has 3 rings (SSSR count). The number of benzene rings is 1. The van der Waals surface area contributed by atoms with E-state index in [1.807, 2.05) is 0 Å². The first kappa shape index (κ1) is 12.2. The summed E-state index contributed by atoms with van der Waals surface area (Å²) in [5.41, 5.74) is 2.56. The van der Waals surface area contributed by atoms with Crippen LogP contribution in [0.5, 0.6) is 0 Å². The minimum Gasteiger partial charge on any atom is -0.265 e. The Bertz CT molecular complexity index is 546. The molecule has 0 radical (unpaired) electrons. The summed E-state index contributed by atoms with van der Waals surface area (Å²) >= 11 is 3.82. The molecule has 2 atom stereocenters. The Morgan fingerprint density at radius 3 is 2.89 bits per heavy atom. The van der Waals surface area contributed by atoms with Crippen molar-refractivity contribution in [3.63, 3.8) is 0 Å². The summed E-state index contributed by atoms with van der Waals surface area (Å²) in [6.45, 7) is 3.11. The monoisotopic (exact) mass is 306 g/mol. The van der Waals surface area contributed by atoms with Crippen molar-refractivity contribution >= 4 is 26.8 Å². The summed E-state index contributed by atoms with van der Waals surface area (Å²) in [4.78, 5) is 0.683. The van der Waals surface area contributed by atoms with Crippen LogP contribution in [-0.4, -0.2) is 14.6 Å². The third-order valence-electron chi connectivity index (χ3n) is 4.06. The van der Waals surface area contributed by atoms with Crippen LogP contribution in [0.15, 0.2) is 24.3 Å². The molecule has 0 amide bonds. The normalized spacial score (nSPS) is 23.9. The van der Waals surface area contributed by atoms with Gasteiger partial charge in [0.05, 0.1) is 11.2 Å². The van der Waals surface area contributed by atoms with Gasteiger partial charge in [-0.25, -0.2) is 0 Å². The third-order valence-corrected chi connectivity index (χ3v) is 5.26. The van der Waals surface area contributed by atoms with Gasteiger partial charge in [0.15, 0.2) is 0 Å². The number of aromatic nitrogens is 2. The average Bonchev–Trinajstić information content (AvgIpc) is 2.95.